The summed E-state index contributed by atoms with van der Waals surface area (Å²) in [6.45, 7) is 6.82. The van der Waals surface area contributed by atoms with Gasteiger partial charge in [0.2, 0.25) is 5.91 Å². The molecular formula is C73H135N2O7P. The van der Waals surface area contributed by atoms with Crippen LogP contribution in [0.2, 0.25) is 0 Å². The molecule has 0 rings (SSSR count). The van der Waals surface area contributed by atoms with Gasteiger partial charge in [-0.05, 0) is 102 Å². The summed E-state index contributed by atoms with van der Waals surface area (Å²) >= 11 is 0. The molecule has 1 amide bonds. The Morgan fingerprint density at radius 2 is 0.735 bits per heavy atom. The number of carbonyl (C=O) groups is 2. The number of phosphoric acid groups is 1. The molecule has 3 atom stereocenters. The molecule has 0 fully saturated rings. The van der Waals surface area contributed by atoms with Crippen molar-refractivity contribution in [1.29, 1.82) is 0 Å². The van der Waals surface area contributed by atoms with Gasteiger partial charge < -0.3 is 28.5 Å². The molecule has 0 saturated carbocycles. The Balaban J connectivity index is 5.14. The van der Waals surface area contributed by atoms with Crippen molar-refractivity contribution in [2.45, 2.75) is 341 Å². The van der Waals surface area contributed by atoms with Gasteiger partial charge in [0.15, 0.2) is 0 Å². The predicted molar refractivity (Wildman–Crippen MR) is 358 cm³/mol. The van der Waals surface area contributed by atoms with Gasteiger partial charge in [0.1, 0.15) is 19.3 Å². The van der Waals surface area contributed by atoms with E-state index in [9.17, 15) is 19.0 Å². The van der Waals surface area contributed by atoms with E-state index in [-0.39, 0.29) is 24.9 Å². The molecule has 0 aliphatic heterocycles. The minimum absolute atomic E-state index is 0.0246. The number of quaternary nitrogens is 1. The van der Waals surface area contributed by atoms with Crippen molar-refractivity contribution in [3.05, 3.63) is 72.9 Å². The highest BCUT2D eigenvalue weighted by Gasteiger charge is 2.27. The van der Waals surface area contributed by atoms with Crippen molar-refractivity contribution < 1.29 is 37.3 Å². The number of amides is 1. The van der Waals surface area contributed by atoms with Crippen molar-refractivity contribution >= 4 is 19.7 Å². The van der Waals surface area contributed by atoms with E-state index in [2.05, 4.69) is 86.8 Å². The molecule has 0 spiro atoms. The van der Waals surface area contributed by atoms with E-state index in [1.165, 1.54) is 205 Å². The van der Waals surface area contributed by atoms with Gasteiger partial charge in [0.25, 0.3) is 7.82 Å². The monoisotopic (exact) mass is 1180 g/mol. The molecule has 0 aliphatic rings. The van der Waals surface area contributed by atoms with Crippen molar-refractivity contribution in [1.82, 2.24) is 5.32 Å². The maximum Gasteiger partial charge on any atom is 0.306 e. The zero-order valence-corrected chi connectivity index (χ0v) is 56.3. The van der Waals surface area contributed by atoms with Crippen molar-refractivity contribution in [2.24, 2.45) is 0 Å². The average Bonchev–Trinajstić information content (AvgIpc) is 3.46. The van der Waals surface area contributed by atoms with E-state index in [1.807, 2.05) is 33.3 Å². The number of hydrogen-bond donors (Lipinski definition) is 1. The molecule has 1 N–H and O–H groups in total. The Bertz CT molecular complexity index is 1650. The second-order valence-corrected chi connectivity index (χ2v) is 26.4. The Morgan fingerprint density at radius 3 is 1.12 bits per heavy atom. The number of allylic oxidation sites excluding steroid dienone is 11. The fourth-order valence-electron chi connectivity index (χ4n) is 10.1. The summed E-state index contributed by atoms with van der Waals surface area (Å²) in [6.07, 6.45) is 81.5. The molecule has 0 aromatic heterocycles. The van der Waals surface area contributed by atoms with Crippen LogP contribution < -0.4 is 10.2 Å². The van der Waals surface area contributed by atoms with Crippen LogP contribution in [0.25, 0.3) is 0 Å². The lowest BCUT2D eigenvalue weighted by Crippen LogP contribution is -2.47. The van der Waals surface area contributed by atoms with Crippen LogP contribution >= 0.6 is 7.82 Å². The highest BCUT2D eigenvalue weighted by Crippen LogP contribution is 2.38. The molecule has 0 radical (unpaired) electrons. The van der Waals surface area contributed by atoms with E-state index in [1.54, 1.807) is 0 Å². The van der Waals surface area contributed by atoms with E-state index in [4.69, 9.17) is 13.8 Å². The number of ether oxygens (including phenoxy) is 1. The summed E-state index contributed by atoms with van der Waals surface area (Å²) in [5.74, 6) is -0.538. The lowest BCUT2D eigenvalue weighted by atomic mass is 10.0. The summed E-state index contributed by atoms with van der Waals surface area (Å²) in [6, 6.07) is -0.894. The Hall–Kier alpha value is -2.55. The Morgan fingerprint density at radius 1 is 0.422 bits per heavy atom. The zero-order chi connectivity index (χ0) is 60.7. The second-order valence-electron chi connectivity index (χ2n) is 25.0. The van der Waals surface area contributed by atoms with Crippen molar-refractivity contribution in [3.8, 4) is 0 Å². The summed E-state index contributed by atoms with van der Waals surface area (Å²) in [7, 11) is 1.18. The van der Waals surface area contributed by atoms with Gasteiger partial charge in [-0.2, -0.15) is 0 Å². The van der Waals surface area contributed by atoms with Gasteiger partial charge in [0.05, 0.1) is 33.8 Å². The fourth-order valence-corrected chi connectivity index (χ4v) is 10.9. The number of nitrogens with zero attached hydrogens (tertiary/aromatic N) is 1. The fraction of sp³-hybridized carbons (Fsp3) is 0.808. The standard InChI is InChI=1S/C73H135N2O7P/c1-7-10-13-16-19-22-25-28-30-32-34-36-37-39-40-42-44-47-50-53-56-59-62-65-72(76)74-70(69-81-83(78,79)80-68-67-75(4,5)6)71(64-61-58-55-52-49-46-27-24-21-18-15-12-9-3)82-73(77)66-63-60-57-54-51-48-45-43-41-38-35-33-31-29-26-23-20-17-14-11-8-2/h19-20,22-23,28-31,34,36,61,64,70-71H,7-18,21,24-27,32-33,35,37-60,62-63,65-69H2,1-6H3,(H-,74,76,78,79)/b22-19-,23-20-,30-28-,31-29-,36-34-,64-61+. The first kappa shape index (κ1) is 80.5. The molecule has 9 nitrogen and oxygen atoms in total. The van der Waals surface area contributed by atoms with Gasteiger partial charge in [-0.1, -0.05) is 287 Å². The molecule has 0 aromatic rings. The molecule has 0 bridgehead atoms. The first-order valence-corrected chi connectivity index (χ1v) is 36.7. The number of likely N-dealkylation sites (N-methyl/N-ethyl adjacent to an activating group) is 1. The summed E-state index contributed by atoms with van der Waals surface area (Å²) < 4.78 is 30.5. The average molecular weight is 1180 g/mol. The molecule has 83 heavy (non-hydrogen) atoms. The van der Waals surface area contributed by atoms with Crippen LogP contribution in [0.3, 0.4) is 0 Å². The minimum Gasteiger partial charge on any atom is -0.756 e. The smallest absolute Gasteiger partial charge is 0.306 e. The van der Waals surface area contributed by atoms with Gasteiger partial charge in [-0.15, -0.1) is 0 Å². The van der Waals surface area contributed by atoms with Gasteiger partial charge in [0, 0.05) is 12.8 Å². The summed E-state index contributed by atoms with van der Waals surface area (Å²) in [5, 5.41) is 3.04. The normalized spacial score (nSPS) is 14.0. The molecule has 484 valence electrons. The van der Waals surface area contributed by atoms with E-state index in [0.717, 1.165) is 89.9 Å². The lowest BCUT2D eigenvalue weighted by Gasteiger charge is -2.30. The Kier molecular flexibility index (Phi) is 60.6. The van der Waals surface area contributed by atoms with Crippen LogP contribution in [0.15, 0.2) is 72.9 Å². The van der Waals surface area contributed by atoms with Crippen LogP contribution in [0, 0.1) is 0 Å². The third-order valence-electron chi connectivity index (χ3n) is 15.6. The first-order chi connectivity index (χ1) is 40.4. The molecule has 10 heteroatoms. The minimum atomic E-state index is -4.71. The van der Waals surface area contributed by atoms with Crippen LogP contribution in [0.4, 0.5) is 0 Å². The molecule has 0 heterocycles. The second kappa shape index (κ2) is 62.5. The van der Waals surface area contributed by atoms with Crippen LogP contribution in [0.5, 0.6) is 0 Å². The molecule has 3 unspecified atom stereocenters. The highest BCUT2D eigenvalue weighted by molar-refractivity contribution is 7.45. The lowest BCUT2D eigenvalue weighted by molar-refractivity contribution is -0.870. The van der Waals surface area contributed by atoms with Gasteiger partial charge in [-0.3, -0.25) is 14.2 Å². The number of carbonyl (C=O) groups excluding carboxylic acids is 2. The number of phosphoric ester groups is 1. The maximum absolute atomic E-state index is 13.6. The first-order valence-electron chi connectivity index (χ1n) is 35.2. The van der Waals surface area contributed by atoms with Gasteiger partial charge in [-0.25, -0.2) is 0 Å². The summed E-state index contributed by atoms with van der Waals surface area (Å²) in [4.78, 5) is 40.2. The zero-order valence-electron chi connectivity index (χ0n) is 55.4. The van der Waals surface area contributed by atoms with E-state index in [0.29, 0.717) is 17.4 Å². The largest absolute Gasteiger partial charge is 0.756 e. The number of unbranched alkanes of at least 4 members (excludes halogenated alkanes) is 38. The topological polar surface area (TPSA) is 114 Å². The highest BCUT2D eigenvalue weighted by atomic mass is 31.2. The van der Waals surface area contributed by atoms with Crippen molar-refractivity contribution in [2.75, 3.05) is 40.9 Å². The number of nitrogens with one attached hydrogen (secondary N) is 1. The van der Waals surface area contributed by atoms with E-state index < -0.39 is 26.6 Å². The third kappa shape index (κ3) is 63.8. The quantitative estimate of drug-likeness (QED) is 0.0212. The maximum atomic E-state index is 13.6. The van der Waals surface area contributed by atoms with Gasteiger partial charge >= 0.3 is 5.97 Å². The van der Waals surface area contributed by atoms with Crippen molar-refractivity contribution in [3.63, 3.8) is 0 Å². The molecule has 0 saturated heterocycles. The summed E-state index contributed by atoms with van der Waals surface area (Å²) in [5.41, 5.74) is 0. The SMILES string of the molecule is CCCCC/C=C\C/C=C\C/C=C\CCCCCCCCCCCCC(=O)NC(COP(=O)([O-])OCC[N+](C)(C)C)C(/C=C/CCCCCCCCCCCCC)OC(=O)CCCCCCCCCCCCC/C=C\C/C=C\CCCCC. The molecule has 0 aliphatic carbocycles. The number of esters is 1. The van der Waals surface area contributed by atoms with Crippen LogP contribution in [0.1, 0.15) is 329 Å². The Labute approximate surface area is 514 Å². The number of rotatable bonds is 64. The number of hydrogen-bond acceptors (Lipinski definition) is 7. The predicted octanol–water partition coefficient (Wildman–Crippen LogP) is 21.7. The third-order valence-corrected chi connectivity index (χ3v) is 16.6. The van der Waals surface area contributed by atoms with E-state index >= 15 is 0 Å². The molecule has 0 aromatic carbocycles. The van der Waals surface area contributed by atoms with Crippen LogP contribution in [-0.4, -0.2) is 69.4 Å². The van der Waals surface area contributed by atoms with Crippen LogP contribution in [-0.2, 0) is 27.9 Å². The molecular weight excluding hydrogens is 1050 g/mol.